The minimum atomic E-state index is -0.878. The number of hydrogen-bond donors (Lipinski definition) is 0. The molecule has 1 saturated heterocycles. The van der Waals surface area contributed by atoms with E-state index in [4.69, 9.17) is 4.74 Å². The molecule has 2 aromatic carbocycles. The van der Waals surface area contributed by atoms with E-state index in [0.717, 1.165) is 16.0 Å². The number of likely N-dealkylation sites (tertiary alicyclic amines) is 1. The van der Waals surface area contributed by atoms with Crippen molar-refractivity contribution in [3.63, 3.8) is 0 Å². The molecule has 3 amide bonds. The largest absolute Gasteiger partial charge is 0.486 e. The fourth-order valence-corrected chi connectivity index (χ4v) is 5.69. The van der Waals surface area contributed by atoms with Crippen LogP contribution < -0.4 is 4.74 Å². The monoisotopic (exact) mass is 474 g/mol. The van der Waals surface area contributed by atoms with Crippen LogP contribution in [0.3, 0.4) is 0 Å². The molecule has 0 aromatic heterocycles. The first-order chi connectivity index (χ1) is 16.6. The van der Waals surface area contributed by atoms with Gasteiger partial charge in [0.05, 0.1) is 23.1 Å². The van der Waals surface area contributed by atoms with Gasteiger partial charge < -0.3 is 9.64 Å². The van der Waals surface area contributed by atoms with Crippen molar-refractivity contribution in [2.75, 3.05) is 13.1 Å². The number of hydrogen-bond acceptors (Lipinski definition) is 5. The number of benzene rings is 2. The molecule has 1 fully saturated rings. The smallest absolute Gasteiger partial charge is 0.262 e. The molecule has 1 atom stereocenters. The van der Waals surface area contributed by atoms with Crippen LogP contribution in [0.25, 0.3) is 0 Å². The van der Waals surface area contributed by atoms with Crippen LogP contribution >= 0.6 is 0 Å². The minimum Gasteiger partial charge on any atom is -0.486 e. The number of fused-ring (bicyclic) bond motifs is 2. The van der Waals surface area contributed by atoms with Crippen molar-refractivity contribution >= 4 is 23.5 Å². The van der Waals surface area contributed by atoms with Crippen LogP contribution in [0.5, 0.6) is 5.75 Å². The average molecular weight is 475 g/mol. The number of amides is 3. The fourth-order valence-electron chi connectivity index (χ4n) is 5.69. The van der Waals surface area contributed by atoms with Crippen LogP contribution in [-0.2, 0) is 4.79 Å². The van der Waals surface area contributed by atoms with Gasteiger partial charge in [-0.05, 0) is 49.1 Å². The molecule has 35 heavy (non-hydrogen) atoms. The molecule has 1 spiro atoms. The highest BCUT2D eigenvalue weighted by Crippen LogP contribution is 2.42. The number of carbonyl (C=O) groups excluding carboxylic acids is 4. The maximum Gasteiger partial charge on any atom is 0.262 e. The summed E-state index contributed by atoms with van der Waals surface area (Å²) < 4.78 is 6.45. The van der Waals surface area contributed by atoms with Crippen molar-refractivity contribution in [3.05, 3.63) is 64.2 Å². The number of piperidine rings is 1. The van der Waals surface area contributed by atoms with Gasteiger partial charge in [0.25, 0.3) is 11.8 Å². The zero-order chi connectivity index (χ0) is 25.1. The van der Waals surface area contributed by atoms with E-state index in [1.54, 1.807) is 29.2 Å². The number of aryl methyl sites for hydroxylation is 2. The van der Waals surface area contributed by atoms with Crippen molar-refractivity contribution in [1.82, 2.24) is 9.80 Å². The van der Waals surface area contributed by atoms with Gasteiger partial charge in [-0.3, -0.25) is 24.1 Å². The zero-order valence-electron chi connectivity index (χ0n) is 20.6. The summed E-state index contributed by atoms with van der Waals surface area (Å²) >= 11 is 0. The second-order valence-corrected chi connectivity index (χ2v) is 10.4. The first-order valence-corrected chi connectivity index (χ1v) is 12.2. The highest BCUT2D eigenvalue weighted by atomic mass is 16.5. The van der Waals surface area contributed by atoms with Crippen LogP contribution in [0, 0.1) is 19.8 Å². The molecule has 1 unspecified atom stereocenters. The van der Waals surface area contributed by atoms with Gasteiger partial charge >= 0.3 is 0 Å². The predicted molar refractivity (Wildman–Crippen MR) is 130 cm³/mol. The average Bonchev–Trinajstić information content (AvgIpc) is 3.06. The SMILES string of the molecule is Cc1cc(C)c2c(c1)C(=O)CC1(CCN(C(=O)C(C(C)C)N3C(=O)c4ccccc4C3=O)CC1)O2. The molecule has 3 aliphatic heterocycles. The van der Waals surface area contributed by atoms with Crippen LogP contribution in [0.4, 0.5) is 0 Å². The van der Waals surface area contributed by atoms with Gasteiger partial charge in [-0.1, -0.05) is 32.0 Å². The summed E-state index contributed by atoms with van der Waals surface area (Å²) in [6.45, 7) is 8.42. The van der Waals surface area contributed by atoms with Crippen molar-refractivity contribution in [2.24, 2.45) is 5.92 Å². The van der Waals surface area contributed by atoms with E-state index >= 15 is 0 Å². The Morgan fingerprint density at radius 3 is 2.11 bits per heavy atom. The van der Waals surface area contributed by atoms with Crippen molar-refractivity contribution in [2.45, 2.75) is 58.6 Å². The van der Waals surface area contributed by atoms with Gasteiger partial charge in [-0.2, -0.15) is 0 Å². The van der Waals surface area contributed by atoms with E-state index in [0.29, 0.717) is 48.4 Å². The second kappa shape index (κ2) is 8.33. The Morgan fingerprint density at radius 2 is 1.54 bits per heavy atom. The molecule has 0 bridgehead atoms. The molecule has 0 N–H and O–H groups in total. The van der Waals surface area contributed by atoms with Crippen LogP contribution in [0.1, 0.15) is 75.3 Å². The summed E-state index contributed by atoms with van der Waals surface area (Å²) in [4.78, 5) is 55.6. The molecule has 0 radical (unpaired) electrons. The van der Waals surface area contributed by atoms with E-state index in [9.17, 15) is 19.2 Å². The van der Waals surface area contributed by atoms with Crippen molar-refractivity contribution < 1.29 is 23.9 Å². The maximum absolute atomic E-state index is 13.7. The topological polar surface area (TPSA) is 84.0 Å². The third kappa shape index (κ3) is 3.74. The minimum absolute atomic E-state index is 0.0731. The number of Topliss-reactive ketones (excluding diaryl/α,β-unsaturated/α-hetero) is 1. The lowest BCUT2D eigenvalue weighted by Gasteiger charge is -2.45. The molecule has 5 rings (SSSR count). The summed E-state index contributed by atoms with van der Waals surface area (Å²) in [5.74, 6) is -0.601. The summed E-state index contributed by atoms with van der Waals surface area (Å²) in [6, 6.07) is 9.70. The zero-order valence-corrected chi connectivity index (χ0v) is 20.6. The van der Waals surface area contributed by atoms with Crippen molar-refractivity contribution in [1.29, 1.82) is 0 Å². The highest BCUT2D eigenvalue weighted by Gasteiger charge is 2.48. The molecule has 2 aromatic rings. The third-order valence-electron chi connectivity index (χ3n) is 7.50. The summed E-state index contributed by atoms with van der Waals surface area (Å²) in [6.07, 6.45) is 1.32. The molecular formula is C28H30N2O5. The number of nitrogens with zero attached hydrogens (tertiary/aromatic N) is 2. The van der Waals surface area contributed by atoms with Gasteiger partial charge in [0.2, 0.25) is 5.91 Å². The highest BCUT2D eigenvalue weighted by molar-refractivity contribution is 6.22. The Labute approximate surface area is 205 Å². The quantitative estimate of drug-likeness (QED) is 0.629. The molecule has 3 heterocycles. The molecule has 0 aliphatic carbocycles. The van der Waals surface area contributed by atoms with Gasteiger partial charge in [-0.25, -0.2) is 0 Å². The Kier molecular flexibility index (Phi) is 5.54. The van der Waals surface area contributed by atoms with E-state index in [2.05, 4.69) is 0 Å². The Morgan fingerprint density at radius 1 is 0.943 bits per heavy atom. The first-order valence-electron chi connectivity index (χ1n) is 12.2. The summed E-state index contributed by atoms with van der Waals surface area (Å²) in [5.41, 5.74) is 2.65. The van der Waals surface area contributed by atoms with Crippen LogP contribution in [0.15, 0.2) is 36.4 Å². The molecule has 182 valence electrons. The molecule has 0 saturated carbocycles. The fraction of sp³-hybridized carbons (Fsp3) is 0.429. The summed E-state index contributed by atoms with van der Waals surface area (Å²) in [5, 5.41) is 0. The van der Waals surface area contributed by atoms with E-state index in [1.807, 2.05) is 39.8 Å². The van der Waals surface area contributed by atoms with Gasteiger partial charge in [0.1, 0.15) is 17.4 Å². The Balaban J connectivity index is 1.34. The lowest BCUT2D eigenvalue weighted by molar-refractivity contribution is -0.140. The van der Waals surface area contributed by atoms with E-state index in [-0.39, 0.29) is 24.0 Å². The lowest BCUT2D eigenvalue weighted by atomic mass is 9.81. The first kappa shape index (κ1) is 23.3. The number of ketones is 1. The third-order valence-corrected chi connectivity index (χ3v) is 7.50. The molecular weight excluding hydrogens is 444 g/mol. The number of carbonyl (C=O) groups is 4. The Bertz CT molecular complexity index is 1220. The molecule has 7 heteroatoms. The maximum atomic E-state index is 13.7. The normalized spacial score (nSPS) is 19.6. The van der Waals surface area contributed by atoms with Crippen LogP contribution in [0.2, 0.25) is 0 Å². The number of rotatable bonds is 3. The van der Waals surface area contributed by atoms with Gasteiger partial charge in [0, 0.05) is 25.9 Å². The van der Waals surface area contributed by atoms with Crippen molar-refractivity contribution in [3.8, 4) is 5.75 Å². The van der Waals surface area contributed by atoms with E-state index < -0.39 is 23.5 Å². The lowest BCUT2D eigenvalue weighted by Crippen LogP contribution is -2.58. The standard InChI is InChI=1S/C28H30N2O5/c1-16(2)23(30-25(32)19-7-5-6-8-20(19)26(30)33)27(34)29-11-9-28(10-12-29)15-22(31)21-14-17(3)13-18(4)24(21)35-28/h5-8,13-14,16,23H,9-12,15H2,1-4H3. The molecule has 7 nitrogen and oxygen atoms in total. The molecule has 3 aliphatic rings. The van der Waals surface area contributed by atoms with E-state index in [1.165, 1.54) is 0 Å². The number of ether oxygens (including phenoxy) is 1. The summed E-state index contributed by atoms with van der Waals surface area (Å²) in [7, 11) is 0. The Hall–Kier alpha value is -3.48. The van der Waals surface area contributed by atoms with Crippen LogP contribution in [-0.4, -0.2) is 58.0 Å². The number of imide groups is 1. The van der Waals surface area contributed by atoms with Gasteiger partial charge in [-0.15, -0.1) is 0 Å². The second-order valence-electron chi connectivity index (χ2n) is 10.4. The predicted octanol–water partition coefficient (Wildman–Crippen LogP) is 3.95. The van der Waals surface area contributed by atoms with Gasteiger partial charge in [0.15, 0.2) is 5.78 Å².